The number of carbonyl (C=O) groups is 4. The molecule has 0 spiro atoms. The van der Waals surface area contributed by atoms with Crippen molar-refractivity contribution in [1.82, 2.24) is 10.6 Å². The summed E-state index contributed by atoms with van der Waals surface area (Å²) in [6.45, 7) is 7.44. The van der Waals surface area contributed by atoms with Crippen LogP contribution in [-0.4, -0.2) is 52.1 Å². The molecule has 0 aromatic heterocycles. The molecule has 0 radical (unpaired) electrons. The van der Waals surface area contributed by atoms with Gasteiger partial charge in [-0.2, -0.15) is 0 Å². The summed E-state index contributed by atoms with van der Waals surface area (Å²) in [5.74, 6) is -3.67. The molecule has 0 saturated heterocycles. The van der Waals surface area contributed by atoms with E-state index >= 15 is 0 Å². The van der Waals surface area contributed by atoms with Crippen molar-refractivity contribution in [3.05, 3.63) is 0 Å². The highest BCUT2D eigenvalue weighted by Crippen LogP contribution is 2.11. The average molecular weight is 373 g/mol. The van der Waals surface area contributed by atoms with Gasteiger partial charge in [0, 0.05) is 6.42 Å². The van der Waals surface area contributed by atoms with Crippen LogP contribution in [0.25, 0.3) is 0 Å². The lowest BCUT2D eigenvalue weighted by Gasteiger charge is -2.26. The van der Waals surface area contributed by atoms with Crippen LogP contribution in [-0.2, 0) is 19.2 Å². The second-order valence-corrected chi connectivity index (χ2v) is 6.94. The van der Waals surface area contributed by atoms with Crippen molar-refractivity contribution < 1.29 is 29.4 Å². The number of hydrogen-bond acceptors (Lipinski definition) is 5. The van der Waals surface area contributed by atoms with Gasteiger partial charge >= 0.3 is 11.9 Å². The molecule has 9 nitrogen and oxygen atoms in total. The van der Waals surface area contributed by atoms with Crippen molar-refractivity contribution in [2.75, 3.05) is 0 Å². The third-order valence-corrected chi connectivity index (χ3v) is 4.12. The zero-order valence-electron chi connectivity index (χ0n) is 15.8. The Morgan fingerprint density at radius 2 is 1.58 bits per heavy atom. The van der Waals surface area contributed by atoms with E-state index in [9.17, 15) is 19.2 Å². The monoisotopic (exact) mass is 373 g/mol. The normalized spacial score (nSPS) is 15.6. The van der Waals surface area contributed by atoms with Gasteiger partial charge < -0.3 is 26.6 Å². The molecule has 0 aromatic rings. The molecule has 0 rings (SSSR count). The Labute approximate surface area is 153 Å². The minimum Gasteiger partial charge on any atom is -0.481 e. The minimum atomic E-state index is -1.34. The number of nitrogens with two attached hydrogens (primary N) is 1. The van der Waals surface area contributed by atoms with Crippen molar-refractivity contribution in [3.63, 3.8) is 0 Å². The van der Waals surface area contributed by atoms with E-state index in [1.807, 2.05) is 20.8 Å². The van der Waals surface area contributed by atoms with Crippen LogP contribution in [0.5, 0.6) is 0 Å². The van der Waals surface area contributed by atoms with E-state index < -0.39 is 48.3 Å². The van der Waals surface area contributed by atoms with E-state index in [1.54, 1.807) is 6.92 Å². The molecule has 2 amide bonds. The third kappa shape index (κ3) is 8.80. The number of aliphatic carboxylic acids is 2. The van der Waals surface area contributed by atoms with Crippen LogP contribution in [0.3, 0.4) is 0 Å². The summed E-state index contributed by atoms with van der Waals surface area (Å²) in [5.41, 5.74) is 5.84. The molecule has 0 aliphatic heterocycles. The predicted molar refractivity (Wildman–Crippen MR) is 95.3 cm³/mol. The molecule has 0 aliphatic carbocycles. The average Bonchev–Trinajstić information content (AvgIpc) is 2.53. The summed E-state index contributed by atoms with van der Waals surface area (Å²) in [7, 11) is 0. The van der Waals surface area contributed by atoms with Crippen LogP contribution in [0.15, 0.2) is 0 Å². The lowest BCUT2D eigenvalue weighted by Crippen LogP contribution is -2.56. The van der Waals surface area contributed by atoms with E-state index in [2.05, 4.69) is 10.6 Å². The van der Waals surface area contributed by atoms with Crippen LogP contribution in [0.2, 0.25) is 0 Å². The highest BCUT2D eigenvalue weighted by Gasteiger charge is 2.31. The van der Waals surface area contributed by atoms with Crippen molar-refractivity contribution in [3.8, 4) is 0 Å². The van der Waals surface area contributed by atoms with Crippen molar-refractivity contribution >= 4 is 23.8 Å². The molecule has 0 fully saturated rings. The molecule has 0 aliphatic rings. The summed E-state index contributed by atoms with van der Waals surface area (Å²) >= 11 is 0. The van der Waals surface area contributed by atoms with Crippen LogP contribution >= 0.6 is 0 Å². The van der Waals surface area contributed by atoms with Gasteiger partial charge in [-0.05, 0) is 24.7 Å². The Morgan fingerprint density at radius 1 is 1.00 bits per heavy atom. The van der Waals surface area contributed by atoms with Gasteiger partial charge in [0.15, 0.2) is 0 Å². The Morgan fingerprint density at radius 3 is 2.00 bits per heavy atom. The van der Waals surface area contributed by atoms with E-state index in [-0.39, 0.29) is 18.3 Å². The Balaban J connectivity index is 5.09. The van der Waals surface area contributed by atoms with Gasteiger partial charge in [-0.15, -0.1) is 0 Å². The topological polar surface area (TPSA) is 159 Å². The maximum atomic E-state index is 12.5. The van der Waals surface area contributed by atoms with Crippen molar-refractivity contribution in [2.45, 2.75) is 71.5 Å². The van der Waals surface area contributed by atoms with E-state index in [1.165, 1.54) is 0 Å². The Hall–Kier alpha value is -2.16. The molecular formula is C17H31N3O6. The minimum absolute atomic E-state index is 0.207. The highest BCUT2D eigenvalue weighted by atomic mass is 16.4. The number of carboxylic acid groups (broad SMARTS) is 2. The molecule has 4 atom stereocenters. The summed E-state index contributed by atoms with van der Waals surface area (Å²) < 4.78 is 0. The molecule has 0 bridgehead atoms. The second kappa shape index (κ2) is 11.5. The molecule has 0 aromatic carbocycles. The fourth-order valence-corrected chi connectivity index (χ4v) is 2.36. The summed E-state index contributed by atoms with van der Waals surface area (Å²) in [5, 5.41) is 22.8. The lowest BCUT2D eigenvalue weighted by molar-refractivity contribution is -0.143. The maximum Gasteiger partial charge on any atom is 0.326 e. The molecule has 4 unspecified atom stereocenters. The maximum absolute atomic E-state index is 12.5. The highest BCUT2D eigenvalue weighted by molar-refractivity contribution is 5.92. The molecular weight excluding hydrogens is 342 g/mol. The lowest BCUT2D eigenvalue weighted by atomic mass is 9.96. The first-order valence-corrected chi connectivity index (χ1v) is 8.80. The van der Waals surface area contributed by atoms with E-state index in [0.717, 1.165) is 0 Å². The summed E-state index contributed by atoms with van der Waals surface area (Å²) in [6, 6.07) is -3.06. The van der Waals surface area contributed by atoms with Gasteiger partial charge in [-0.1, -0.05) is 34.1 Å². The third-order valence-electron chi connectivity index (χ3n) is 4.12. The first-order valence-electron chi connectivity index (χ1n) is 8.80. The van der Waals surface area contributed by atoms with Crippen molar-refractivity contribution in [2.24, 2.45) is 17.6 Å². The SMILES string of the molecule is CCC(C)C(NC(=O)C(N)CC(C)C)C(=O)NC(CCC(=O)O)C(=O)O. The fraction of sp³-hybridized carbons (Fsp3) is 0.765. The fourth-order valence-electron chi connectivity index (χ4n) is 2.36. The summed E-state index contributed by atoms with van der Waals surface area (Å²) in [4.78, 5) is 46.6. The van der Waals surface area contributed by atoms with Gasteiger partial charge in [0.05, 0.1) is 6.04 Å². The van der Waals surface area contributed by atoms with Gasteiger partial charge in [0.1, 0.15) is 12.1 Å². The van der Waals surface area contributed by atoms with Gasteiger partial charge in [-0.25, -0.2) is 4.79 Å². The van der Waals surface area contributed by atoms with Crippen LogP contribution in [0.4, 0.5) is 0 Å². The molecule has 26 heavy (non-hydrogen) atoms. The van der Waals surface area contributed by atoms with E-state index in [4.69, 9.17) is 15.9 Å². The number of carbonyl (C=O) groups excluding carboxylic acids is 2. The quantitative estimate of drug-likeness (QED) is 0.329. The van der Waals surface area contributed by atoms with Crippen LogP contribution < -0.4 is 16.4 Å². The second-order valence-electron chi connectivity index (χ2n) is 6.94. The molecule has 0 heterocycles. The Bertz CT molecular complexity index is 509. The number of amides is 2. The first-order chi connectivity index (χ1) is 12.0. The molecule has 0 saturated carbocycles. The standard InChI is InChI=1S/C17H31N3O6/c1-5-10(4)14(20-15(23)11(18)8-9(2)3)16(24)19-12(17(25)26)6-7-13(21)22/h9-12,14H,5-8,18H2,1-4H3,(H,19,24)(H,20,23)(H,21,22)(H,25,26). The Kier molecular flexibility index (Phi) is 10.5. The predicted octanol–water partition coefficient (Wildman–Crippen LogP) is 0.325. The zero-order valence-corrected chi connectivity index (χ0v) is 15.8. The largest absolute Gasteiger partial charge is 0.481 e. The smallest absolute Gasteiger partial charge is 0.326 e. The van der Waals surface area contributed by atoms with Gasteiger partial charge in [-0.3, -0.25) is 14.4 Å². The molecule has 9 heteroatoms. The van der Waals surface area contributed by atoms with Gasteiger partial charge in [0.25, 0.3) is 0 Å². The van der Waals surface area contributed by atoms with Gasteiger partial charge in [0.2, 0.25) is 11.8 Å². The molecule has 6 N–H and O–H groups in total. The number of nitrogens with one attached hydrogen (secondary N) is 2. The van der Waals surface area contributed by atoms with Crippen LogP contribution in [0.1, 0.15) is 53.4 Å². The van der Waals surface area contributed by atoms with E-state index in [0.29, 0.717) is 12.8 Å². The summed E-state index contributed by atoms with van der Waals surface area (Å²) in [6.07, 6.45) is 0.392. The van der Waals surface area contributed by atoms with Crippen molar-refractivity contribution in [1.29, 1.82) is 0 Å². The number of rotatable bonds is 12. The first kappa shape index (κ1) is 23.8. The molecule has 150 valence electrons. The van der Waals surface area contributed by atoms with Crippen LogP contribution in [0, 0.1) is 11.8 Å². The zero-order chi connectivity index (χ0) is 20.4. The number of hydrogen-bond donors (Lipinski definition) is 5. The number of carboxylic acids is 2.